The van der Waals surface area contributed by atoms with Gasteiger partial charge in [0.15, 0.2) is 0 Å². The van der Waals surface area contributed by atoms with Crippen LogP contribution in [0.1, 0.15) is 138 Å². The number of carbonyl (C=O) groups excluding carboxylic acids is 1. The summed E-state index contributed by atoms with van der Waals surface area (Å²) in [7, 11) is 0. The Balaban J connectivity index is 5.39. The summed E-state index contributed by atoms with van der Waals surface area (Å²) in [5, 5.41) is 0. The molecule has 0 rings (SSSR count). The van der Waals surface area contributed by atoms with E-state index in [1.165, 1.54) is 77.0 Å². The Bertz CT molecular complexity index is 290. The van der Waals surface area contributed by atoms with Crippen molar-refractivity contribution in [3.63, 3.8) is 0 Å². The minimum Gasteiger partial charge on any atom is -0.290 e. The van der Waals surface area contributed by atoms with E-state index in [-0.39, 0.29) is 5.41 Å². The highest BCUT2D eigenvalue weighted by molar-refractivity contribution is 5.60. The van der Waals surface area contributed by atoms with E-state index in [1.54, 1.807) is 0 Å². The van der Waals surface area contributed by atoms with Crippen molar-refractivity contribution in [1.29, 1.82) is 0 Å². The SMILES string of the molecule is CCCCC(CC)CC([C]=O)(CC(CC)CCCC)CC(CC)CCCC. The van der Waals surface area contributed by atoms with E-state index in [9.17, 15) is 4.79 Å². The molecule has 0 aromatic heterocycles. The van der Waals surface area contributed by atoms with Crippen molar-refractivity contribution in [2.24, 2.45) is 23.2 Å². The van der Waals surface area contributed by atoms with Gasteiger partial charge < -0.3 is 0 Å². The van der Waals surface area contributed by atoms with E-state index in [2.05, 4.69) is 47.8 Å². The maximum absolute atomic E-state index is 12.5. The summed E-state index contributed by atoms with van der Waals surface area (Å²) in [6.07, 6.45) is 21.1. The van der Waals surface area contributed by atoms with Gasteiger partial charge in [0.05, 0.1) is 0 Å². The lowest BCUT2D eigenvalue weighted by molar-refractivity contribution is 0.167. The molecule has 27 heavy (non-hydrogen) atoms. The second-order valence-corrected chi connectivity index (χ2v) is 9.24. The molecule has 0 N–H and O–H groups in total. The summed E-state index contributed by atoms with van der Waals surface area (Å²) in [5.74, 6) is 2.08. The highest BCUT2D eigenvalue weighted by Gasteiger charge is 2.37. The minimum atomic E-state index is -0.197. The smallest absolute Gasteiger partial charge is 0.205 e. The molecule has 0 amide bonds. The standard InChI is InChI=1S/C26H51O/c1-7-13-16-23(10-4)19-26(22-27,20-24(11-5)17-14-8-2)21-25(12-6)18-15-9-3/h23-25H,7-21H2,1-6H3. The molecule has 0 fully saturated rings. The first-order valence-corrected chi connectivity index (χ1v) is 12.4. The summed E-state index contributed by atoms with van der Waals surface area (Å²) in [6.45, 7) is 13.8. The number of rotatable bonds is 19. The van der Waals surface area contributed by atoms with Crippen LogP contribution in [0.4, 0.5) is 0 Å². The third kappa shape index (κ3) is 11.3. The molecule has 1 nitrogen and oxygen atoms in total. The zero-order valence-corrected chi connectivity index (χ0v) is 19.7. The summed E-state index contributed by atoms with van der Waals surface area (Å²) < 4.78 is 0. The Kier molecular flexibility index (Phi) is 16.4. The average molecular weight is 380 g/mol. The van der Waals surface area contributed by atoms with Crippen LogP contribution in [0.15, 0.2) is 0 Å². The predicted molar refractivity (Wildman–Crippen MR) is 122 cm³/mol. The molecule has 1 radical (unpaired) electrons. The van der Waals surface area contributed by atoms with Gasteiger partial charge in [0.2, 0.25) is 6.29 Å². The van der Waals surface area contributed by atoms with Gasteiger partial charge in [0.1, 0.15) is 0 Å². The van der Waals surface area contributed by atoms with Crippen molar-refractivity contribution in [3.8, 4) is 0 Å². The lowest BCUT2D eigenvalue weighted by atomic mass is 9.66. The zero-order valence-electron chi connectivity index (χ0n) is 19.7. The van der Waals surface area contributed by atoms with Gasteiger partial charge in [-0.2, -0.15) is 0 Å². The molecule has 1 heteroatoms. The van der Waals surface area contributed by atoms with Gasteiger partial charge in [-0.05, 0) is 37.0 Å². The highest BCUT2D eigenvalue weighted by atomic mass is 16.1. The predicted octanol–water partition coefficient (Wildman–Crippen LogP) is 8.90. The molecule has 0 saturated heterocycles. The van der Waals surface area contributed by atoms with E-state index in [0.717, 1.165) is 19.3 Å². The largest absolute Gasteiger partial charge is 0.290 e. The van der Waals surface area contributed by atoms with Gasteiger partial charge in [-0.15, -0.1) is 0 Å². The number of hydrogen-bond acceptors (Lipinski definition) is 1. The van der Waals surface area contributed by atoms with Crippen LogP contribution >= 0.6 is 0 Å². The Morgan fingerprint density at radius 2 is 0.889 bits per heavy atom. The molecule has 0 aliphatic rings. The van der Waals surface area contributed by atoms with Gasteiger partial charge in [-0.3, -0.25) is 4.79 Å². The topological polar surface area (TPSA) is 17.1 Å². The van der Waals surface area contributed by atoms with Crippen molar-refractivity contribution in [2.75, 3.05) is 0 Å². The molecule has 161 valence electrons. The molecular weight excluding hydrogens is 328 g/mol. The van der Waals surface area contributed by atoms with E-state index < -0.39 is 0 Å². The molecule has 0 aromatic rings. The fourth-order valence-corrected chi connectivity index (χ4v) is 4.86. The summed E-state index contributed by atoms with van der Waals surface area (Å²) >= 11 is 0. The molecule has 0 saturated carbocycles. The zero-order chi connectivity index (χ0) is 20.5. The fraction of sp³-hybridized carbons (Fsp3) is 0.962. The lowest BCUT2D eigenvalue weighted by Gasteiger charge is -2.37. The first kappa shape index (κ1) is 26.7. The van der Waals surface area contributed by atoms with E-state index in [0.29, 0.717) is 17.8 Å². The van der Waals surface area contributed by atoms with Crippen molar-refractivity contribution in [1.82, 2.24) is 0 Å². The number of unbranched alkanes of at least 4 members (excludes halogenated alkanes) is 3. The van der Waals surface area contributed by atoms with Gasteiger partial charge in [0.25, 0.3) is 0 Å². The van der Waals surface area contributed by atoms with Crippen LogP contribution < -0.4 is 0 Å². The van der Waals surface area contributed by atoms with Crippen molar-refractivity contribution in [2.45, 2.75) is 138 Å². The van der Waals surface area contributed by atoms with Crippen LogP contribution in [0.2, 0.25) is 0 Å². The molecular formula is C26H51O. The van der Waals surface area contributed by atoms with E-state index in [1.807, 2.05) is 0 Å². The normalized spacial score (nSPS) is 17.3. The maximum atomic E-state index is 12.5. The highest BCUT2D eigenvalue weighted by Crippen LogP contribution is 2.43. The molecule has 0 aliphatic heterocycles. The molecule has 3 atom stereocenters. The average Bonchev–Trinajstić information content (AvgIpc) is 2.70. The van der Waals surface area contributed by atoms with Gasteiger partial charge in [-0.1, -0.05) is 119 Å². The summed E-state index contributed by atoms with van der Waals surface area (Å²) in [5.41, 5.74) is -0.197. The van der Waals surface area contributed by atoms with Crippen molar-refractivity contribution in [3.05, 3.63) is 0 Å². The molecule has 3 unspecified atom stereocenters. The Hall–Kier alpha value is -0.330. The minimum absolute atomic E-state index is 0.197. The maximum Gasteiger partial charge on any atom is 0.205 e. The van der Waals surface area contributed by atoms with Gasteiger partial charge >= 0.3 is 0 Å². The first-order chi connectivity index (χ1) is 13.0. The Labute approximate surface area is 172 Å². The Morgan fingerprint density at radius 1 is 0.593 bits per heavy atom. The second kappa shape index (κ2) is 16.6. The van der Waals surface area contributed by atoms with Crippen LogP contribution in [0.5, 0.6) is 0 Å². The first-order valence-electron chi connectivity index (χ1n) is 12.4. The summed E-state index contributed by atoms with van der Waals surface area (Å²) in [6, 6.07) is 0. The molecule has 0 spiro atoms. The number of hydrogen-bond donors (Lipinski definition) is 0. The van der Waals surface area contributed by atoms with E-state index >= 15 is 0 Å². The van der Waals surface area contributed by atoms with Gasteiger partial charge in [0, 0.05) is 5.41 Å². The molecule has 0 heterocycles. The summed E-state index contributed by atoms with van der Waals surface area (Å²) in [4.78, 5) is 12.5. The molecule has 0 aliphatic carbocycles. The van der Waals surface area contributed by atoms with Crippen LogP contribution in [0.25, 0.3) is 0 Å². The fourth-order valence-electron chi connectivity index (χ4n) is 4.86. The third-order valence-electron chi connectivity index (χ3n) is 6.88. The van der Waals surface area contributed by atoms with Crippen LogP contribution in [-0.2, 0) is 4.79 Å². The lowest BCUT2D eigenvalue weighted by Crippen LogP contribution is -2.31. The third-order valence-corrected chi connectivity index (χ3v) is 6.88. The monoisotopic (exact) mass is 379 g/mol. The molecule has 0 bridgehead atoms. The Morgan fingerprint density at radius 3 is 1.07 bits per heavy atom. The second-order valence-electron chi connectivity index (χ2n) is 9.24. The van der Waals surface area contributed by atoms with Gasteiger partial charge in [-0.25, -0.2) is 0 Å². The van der Waals surface area contributed by atoms with Crippen LogP contribution in [-0.4, -0.2) is 6.29 Å². The van der Waals surface area contributed by atoms with Crippen molar-refractivity contribution < 1.29 is 4.79 Å². The molecule has 0 aromatic carbocycles. The van der Waals surface area contributed by atoms with Crippen molar-refractivity contribution >= 4 is 6.29 Å². The quantitative estimate of drug-likeness (QED) is 0.219. The van der Waals surface area contributed by atoms with Crippen LogP contribution in [0, 0.1) is 23.2 Å². The van der Waals surface area contributed by atoms with Crippen LogP contribution in [0.3, 0.4) is 0 Å². The van der Waals surface area contributed by atoms with E-state index in [4.69, 9.17) is 0 Å².